The van der Waals surface area contributed by atoms with Gasteiger partial charge in [-0.25, -0.2) is 4.79 Å². The van der Waals surface area contributed by atoms with Gasteiger partial charge in [-0.2, -0.15) is 0 Å². The molecule has 2 N–H and O–H groups in total. The molecule has 1 unspecified atom stereocenters. The second-order valence-corrected chi connectivity index (χ2v) is 8.45. The Hall–Kier alpha value is -3.27. The van der Waals surface area contributed by atoms with Crippen molar-refractivity contribution >= 4 is 29.6 Å². The van der Waals surface area contributed by atoms with Crippen LogP contribution in [0.3, 0.4) is 0 Å². The predicted octanol–water partition coefficient (Wildman–Crippen LogP) is 0.809. The summed E-state index contributed by atoms with van der Waals surface area (Å²) < 4.78 is 10.6. The first kappa shape index (κ1) is 21.9. The number of benzene rings is 1. The van der Waals surface area contributed by atoms with Crippen molar-refractivity contribution in [3.8, 4) is 0 Å². The maximum atomic E-state index is 12.8. The van der Waals surface area contributed by atoms with E-state index in [0.717, 1.165) is 5.56 Å². The van der Waals surface area contributed by atoms with Gasteiger partial charge in [-0.3, -0.25) is 24.5 Å². The van der Waals surface area contributed by atoms with Crippen molar-refractivity contribution in [2.45, 2.75) is 70.6 Å². The van der Waals surface area contributed by atoms with E-state index >= 15 is 0 Å². The highest BCUT2D eigenvalue weighted by atomic mass is 16.6. The molecule has 3 aliphatic rings. The lowest BCUT2D eigenvalue weighted by atomic mass is 9.90. The molecular weight excluding hydrogens is 418 g/mol. The fourth-order valence-electron chi connectivity index (χ4n) is 4.09. The minimum atomic E-state index is -0.803. The zero-order chi connectivity index (χ0) is 23.0. The van der Waals surface area contributed by atoms with Crippen LogP contribution in [-0.2, 0) is 36.9 Å². The zero-order valence-electron chi connectivity index (χ0n) is 17.9. The van der Waals surface area contributed by atoms with Gasteiger partial charge < -0.3 is 19.7 Å². The Morgan fingerprint density at radius 1 is 1.22 bits per heavy atom. The van der Waals surface area contributed by atoms with E-state index in [2.05, 4.69) is 10.6 Å². The lowest BCUT2D eigenvalue weighted by molar-refractivity contribution is -0.160. The van der Waals surface area contributed by atoms with Crippen LogP contribution in [0.4, 0.5) is 4.79 Å². The molecule has 170 valence electrons. The molecule has 10 nitrogen and oxygen atoms in total. The van der Waals surface area contributed by atoms with Crippen LogP contribution in [0.2, 0.25) is 0 Å². The second kappa shape index (κ2) is 8.70. The van der Waals surface area contributed by atoms with Crippen molar-refractivity contribution in [1.82, 2.24) is 15.5 Å². The van der Waals surface area contributed by atoms with E-state index in [-0.39, 0.29) is 36.7 Å². The van der Waals surface area contributed by atoms with Crippen molar-refractivity contribution in [1.29, 1.82) is 0 Å². The standard InChI is InChI=1S/C22H25N3O7/c1-11(2)31-16-8-17(19(16)27)32-22(30)23-9-12-3-4-13-10-25(21(29)14(13)7-12)15-5-6-18(26)24-20(15)28/h3-4,7,11,15-17H,5-6,8-10H2,1-2H3,(H,23,30)(H,24,26,28)/t15?,16-,17+/m1/s1. The highest BCUT2D eigenvalue weighted by Crippen LogP contribution is 2.28. The van der Waals surface area contributed by atoms with Crippen LogP contribution in [0.5, 0.6) is 0 Å². The first-order chi connectivity index (χ1) is 15.2. The molecule has 3 atom stereocenters. The molecule has 0 spiro atoms. The summed E-state index contributed by atoms with van der Waals surface area (Å²) in [7, 11) is 0. The van der Waals surface area contributed by atoms with Crippen LogP contribution < -0.4 is 10.6 Å². The van der Waals surface area contributed by atoms with Gasteiger partial charge in [-0.15, -0.1) is 0 Å². The van der Waals surface area contributed by atoms with Crippen LogP contribution in [0.15, 0.2) is 18.2 Å². The van der Waals surface area contributed by atoms with E-state index in [4.69, 9.17) is 9.47 Å². The molecule has 0 bridgehead atoms. The third-order valence-corrected chi connectivity index (χ3v) is 5.78. The minimum absolute atomic E-state index is 0.0767. The fourth-order valence-corrected chi connectivity index (χ4v) is 4.09. The lowest BCUT2D eigenvalue weighted by Crippen LogP contribution is -2.52. The maximum Gasteiger partial charge on any atom is 0.408 e. The first-order valence-electron chi connectivity index (χ1n) is 10.6. The third kappa shape index (κ3) is 4.36. The molecule has 4 rings (SSSR count). The van der Waals surface area contributed by atoms with Crippen molar-refractivity contribution < 1.29 is 33.4 Å². The summed E-state index contributed by atoms with van der Waals surface area (Å²) in [5, 5.41) is 4.86. The van der Waals surface area contributed by atoms with Crippen LogP contribution >= 0.6 is 0 Å². The highest BCUT2D eigenvalue weighted by molar-refractivity contribution is 6.05. The number of ether oxygens (including phenoxy) is 2. The van der Waals surface area contributed by atoms with E-state index in [1.54, 1.807) is 18.2 Å². The van der Waals surface area contributed by atoms with Gasteiger partial charge in [-0.05, 0) is 37.5 Å². The SMILES string of the molecule is CC(C)O[C@@H]1C[C@H](OC(=O)NCc2ccc3c(c2)C(=O)N(C2CCC(=O)NC2=O)C3)C1=O. The molecule has 1 aliphatic carbocycles. The van der Waals surface area contributed by atoms with E-state index in [9.17, 15) is 24.0 Å². The lowest BCUT2D eigenvalue weighted by Gasteiger charge is -2.33. The van der Waals surface area contributed by atoms with Gasteiger partial charge in [0.25, 0.3) is 5.91 Å². The van der Waals surface area contributed by atoms with Gasteiger partial charge in [0.05, 0.1) is 6.10 Å². The quantitative estimate of drug-likeness (QED) is 0.622. The largest absolute Gasteiger partial charge is 0.438 e. The number of imide groups is 1. The number of Topliss-reactive ketones (excluding diaryl/α,β-unsaturated/α-hetero) is 1. The summed E-state index contributed by atoms with van der Waals surface area (Å²) in [6.45, 7) is 4.07. The van der Waals surface area contributed by atoms with E-state index in [0.29, 0.717) is 30.5 Å². The summed E-state index contributed by atoms with van der Waals surface area (Å²) >= 11 is 0. The summed E-state index contributed by atoms with van der Waals surface area (Å²) in [6.07, 6.45) is -1.29. The monoisotopic (exact) mass is 443 g/mol. The van der Waals surface area contributed by atoms with Crippen LogP contribution in [0.1, 0.15) is 54.6 Å². The zero-order valence-corrected chi connectivity index (χ0v) is 17.9. The summed E-state index contributed by atoms with van der Waals surface area (Å²) in [6, 6.07) is 4.56. The number of carbonyl (C=O) groups is 5. The summed E-state index contributed by atoms with van der Waals surface area (Å²) in [5.74, 6) is -1.32. The molecule has 1 saturated heterocycles. The van der Waals surface area contributed by atoms with E-state index in [1.807, 2.05) is 13.8 Å². The van der Waals surface area contributed by atoms with Crippen molar-refractivity contribution in [2.75, 3.05) is 0 Å². The molecule has 1 aromatic rings. The average molecular weight is 443 g/mol. The molecule has 2 aliphatic heterocycles. The average Bonchev–Trinajstić information content (AvgIpc) is 3.06. The highest BCUT2D eigenvalue weighted by Gasteiger charge is 2.44. The number of ketones is 1. The van der Waals surface area contributed by atoms with Crippen LogP contribution in [-0.4, -0.2) is 58.9 Å². The Kier molecular flexibility index (Phi) is 5.96. The number of nitrogens with one attached hydrogen (secondary N) is 2. The second-order valence-electron chi connectivity index (χ2n) is 8.45. The molecule has 32 heavy (non-hydrogen) atoms. The number of fused-ring (bicyclic) bond motifs is 1. The topological polar surface area (TPSA) is 131 Å². The predicted molar refractivity (Wildman–Crippen MR) is 109 cm³/mol. The Balaban J connectivity index is 1.30. The molecule has 1 saturated carbocycles. The molecule has 0 aromatic heterocycles. The third-order valence-electron chi connectivity index (χ3n) is 5.78. The molecule has 10 heteroatoms. The molecule has 2 heterocycles. The van der Waals surface area contributed by atoms with Gasteiger partial charge in [0, 0.05) is 31.5 Å². The Labute approximate surface area is 184 Å². The van der Waals surface area contributed by atoms with Gasteiger partial charge in [-0.1, -0.05) is 12.1 Å². The molecule has 2 fully saturated rings. The number of hydrogen-bond donors (Lipinski definition) is 2. The number of carbonyl (C=O) groups excluding carboxylic acids is 5. The Morgan fingerprint density at radius 3 is 2.69 bits per heavy atom. The van der Waals surface area contributed by atoms with Crippen molar-refractivity contribution in [3.05, 3.63) is 34.9 Å². The van der Waals surface area contributed by atoms with E-state index in [1.165, 1.54) is 4.90 Å². The van der Waals surface area contributed by atoms with Crippen molar-refractivity contribution in [3.63, 3.8) is 0 Å². The number of rotatable bonds is 6. The van der Waals surface area contributed by atoms with E-state index < -0.39 is 30.3 Å². The smallest absolute Gasteiger partial charge is 0.408 e. The number of nitrogens with zero attached hydrogens (tertiary/aromatic N) is 1. The first-order valence-corrected chi connectivity index (χ1v) is 10.6. The van der Waals surface area contributed by atoms with Gasteiger partial charge >= 0.3 is 6.09 Å². The van der Waals surface area contributed by atoms with Crippen molar-refractivity contribution in [2.24, 2.45) is 0 Å². The minimum Gasteiger partial charge on any atom is -0.438 e. The summed E-state index contributed by atoms with van der Waals surface area (Å²) in [4.78, 5) is 61.8. The van der Waals surface area contributed by atoms with Gasteiger partial charge in [0.1, 0.15) is 12.1 Å². The molecule has 4 amide bonds. The number of piperidine rings is 1. The fraction of sp³-hybridized carbons (Fsp3) is 0.500. The van der Waals surface area contributed by atoms with Gasteiger partial charge in [0.15, 0.2) is 6.10 Å². The van der Waals surface area contributed by atoms with Gasteiger partial charge in [0.2, 0.25) is 17.6 Å². The molecule has 1 aromatic carbocycles. The maximum absolute atomic E-state index is 12.8. The van der Waals surface area contributed by atoms with Crippen LogP contribution in [0, 0.1) is 0 Å². The molecule has 0 radical (unpaired) electrons. The molecular formula is C22H25N3O7. The summed E-state index contributed by atoms with van der Waals surface area (Å²) in [5.41, 5.74) is 1.92. The Bertz CT molecular complexity index is 990. The number of alkyl carbamates (subject to hydrolysis) is 1. The number of amides is 4. The normalized spacial score (nSPS) is 24.8. The Morgan fingerprint density at radius 2 is 2.00 bits per heavy atom. The number of hydrogen-bond acceptors (Lipinski definition) is 7. The van der Waals surface area contributed by atoms with Crippen LogP contribution in [0.25, 0.3) is 0 Å².